The molecule has 0 radical (unpaired) electrons. The fraction of sp³-hybridized carbons (Fsp3) is 0.292. The molecule has 1 atom stereocenters. The number of imide groups is 1. The number of fused-ring (bicyclic) bond motifs is 1. The average molecular weight is 450 g/mol. The Morgan fingerprint density at radius 2 is 1.85 bits per heavy atom. The highest BCUT2D eigenvalue weighted by atomic mass is 16.5. The van der Waals surface area contributed by atoms with Gasteiger partial charge in [-0.15, -0.1) is 0 Å². The van der Waals surface area contributed by atoms with E-state index in [9.17, 15) is 14.4 Å². The van der Waals surface area contributed by atoms with Gasteiger partial charge in [0.05, 0.1) is 20.8 Å². The lowest BCUT2D eigenvalue weighted by Gasteiger charge is -2.15. The zero-order chi connectivity index (χ0) is 23.5. The number of rotatable bonds is 8. The van der Waals surface area contributed by atoms with Gasteiger partial charge in [-0.3, -0.25) is 14.5 Å². The third-order valence-corrected chi connectivity index (χ3v) is 5.72. The van der Waals surface area contributed by atoms with Gasteiger partial charge in [0.1, 0.15) is 6.04 Å². The van der Waals surface area contributed by atoms with Crippen molar-refractivity contribution in [3.05, 3.63) is 54.2 Å². The second-order valence-corrected chi connectivity index (χ2v) is 7.90. The highest BCUT2D eigenvalue weighted by molar-refractivity contribution is 6.04. The summed E-state index contributed by atoms with van der Waals surface area (Å²) >= 11 is 0. The van der Waals surface area contributed by atoms with Crippen LogP contribution < -0.4 is 20.1 Å². The first-order valence-electron chi connectivity index (χ1n) is 10.6. The van der Waals surface area contributed by atoms with E-state index in [1.807, 2.05) is 42.1 Å². The Labute approximate surface area is 191 Å². The molecule has 2 N–H and O–H groups in total. The van der Waals surface area contributed by atoms with Crippen molar-refractivity contribution in [1.29, 1.82) is 0 Å². The summed E-state index contributed by atoms with van der Waals surface area (Å²) in [7, 11) is 5.02. The van der Waals surface area contributed by atoms with E-state index >= 15 is 0 Å². The molecule has 1 aromatic heterocycles. The monoisotopic (exact) mass is 450 g/mol. The number of methoxy groups -OCH3 is 2. The summed E-state index contributed by atoms with van der Waals surface area (Å²) < 4.78 is 12.5. The molecule has 4 rings (SSSR count). The molecule has 9 nitrogen and oxygen atoms in total. The van der Waals surface area contributed by atoms with Crippen molar-refractivity contribution in [2.45, 2.75) is 25.4 Å². The number of nitrogens with one attached hydrogen (secondary N) is 2. The number of ether oxygens (including phenoxy) is 2. The van der Waals surface area contributed by atoms with Crippen molar-refractivity contribution in [3.63, 3.8) is 0 Å². The minimum absolute atomic E-state index is 0.102. The third-order valence-electron chi connectivity index (χ3n) is 5.72. The van der Waals surface area contributed by atoms with Crippen molar-refractivity contribution in [3.8, 4) is 11.5 Å². The first-order chi connectivity index (χ1) is 15.9. The summed E-state index contributed by atoms with van der Waals surface area (Å²) in [6.45, 7) is 0.102. The van der Waals surface area contributed by atoms with Crippen LogP contribution in [0.25, 0.3) is 10.9 Å². The summed E-state index contributed by atoms with van der Waals surface area (Å²) in [4.78, 5) is 38.7. The Hall–Kier alpha value is -4.01. The van der Waals surface area contributed by atoms with Crippen molar-refractivity contribution in [2.24, 2.45) is 7.05 Å². The lowest BCUT2D eigenvalue weighted by Crippen LogP contribution is -2.31. The number of amides is 4. The van der Waals surface area contributed by atoms with E-state index < -0.39 is 12.1 Å². The van der Waals surface area contributed by atoms with Gasteiger partial charge in [-0.25, -0.2) is 4.79 Å². The van der Waals surface area contributed by atoms with E-state index in [1.165, 1.54) is 14.2 Å². The molecule has 1 fully saturated rings. The molecule has 1 aliphatic rings. The zero-order valence-electron chi connectivity index (χ0n) is 18.8. The van der Waals surface area contributed by atoms with Crippen molar-refractivity contribution >= 4 is 34.4 Å². The van der Waals surface area contributed by atoms with Crippen LogP contribution >= 0.6 is 0 Å². The number of nitrogens with zero attached hydrogens (tertiary/aromatic N) is 2. The number of hydrogen-bond donors (Lipinski definition) is 2. The number of urea groups is 1. The lowest BCUT2D eigenvalue weighted by atomic mass is 10.1. The van der Waals surface area contributed by atoms with Crippen LogP contribution in [0.15, 0.2) is 48.7 Å². The normalized spacial score (nSPS) is 15.6. The van der Waals surface area contributed by atoms with Crippen LogP contribution in [0.4, 0.5) is 10.5 Å². The van der Waals surface area contributed by atoms with Gasteiger partial charge in [0.15, 0.2) is 11.5 Å². The van der Waals surface area contributed by atoms with Gasteiger partial charge in [0.25, 0.3) is 5.91 Å². The highest BCUT2D eigenvalue weighted by Crippen LogP contribution is 2.28. The van der Waals surface area contributed by atoms with Crippen LogP contribution in [0.1, 0.15) is 18.4 Å². The Morgan fingerprint density at radius 1 is 1.06 bits per heavy atom. The number of aryl methyl sites for hydroxylation is 1. The summed E-state index contributed by atoms with van der Waals surface area (Å²) in [6, 6.07) is 11.7. The Bertz CT molecular complexity index is 1220. The van der Waals surface area contributed by atoms with E-state index in [0.717, 1.165) is 21.4 Å². The maximum absolute atomic E-state index is 12.8. The molecule has 0 bridgehead atoms. The molecule has 9 heteroatoms. The first-order valence-corrected chi connectivity index (χ1v) is 10.6. The van der Waals surface area contributed by atoms with E-state index in [0.29, 0.717) is 17.2 Å². The van der Waals surface area contributed by atoms with Gasteiger partial charge in [-0.1, -0.05) is 6.07 Å². The highest BCUT2D eigenvalue weighted by Gasteiger charge is 2.37. The second kappa shape index (κ2) is 9.23. The molecule has 0 saturated carbocycles. The van der Waals surface area contributed by atoms with Crippen LogP contribution in [0, 0.1) is 0 Å². The van der Waals surface area contributed by atoms with Crippen molar-refractivity contribution < 1.29 is 23.9 Å². The molecular weight excluding hydrogens is 424 g/mol. The molecule has 1 saturated heterocycles. The van der Waals surface area contributed by atoms with Gasteiger partial charge in [-0.2, -0.15) is 0 Å². The van der Waals surface area contributed by atoms with E-state index in [-0.39, 0.29) is 31.2 Å². The molecule has 172 valence electrons. The smallest absolute Gasteiger partial charge is 0.325 e. The van der Waals surface area contributed by atoms with E-state index in [4.69, 9.17) is 9.47 Å². The van der Waals surface area contributed by atoms with Crippen molar-refractivity contribution in [2.75, 3.05) is 19.5 Å². The number of carbonyl (C=O) groups excluding carboxylic acids is 3. The van der Waals surface area contributed by atoms with E-state index in [2.05, 4.69) is 10.6 Å². The number of anilines is 1. The maximum atomic E-state index is 12.8. The van der Waals surface area contributed by atoms with E-state index in [1.54, 1.807) is 18.2 Å². The van der Waals surface area contributed by atoms with Crippen LogP contribution in [0.3, 0.4) is 0 Å². The summed E-state index contributed by atoms with van der Waals surface area (Å²) in [5.41, 5.74) is 2.49. The average Bonchev–Trinajstić information content (AvgIpc) is 3.31. The van der Waals surface area contributed by atoms with Gasteiger partial charge in [0, 0.05) is 36.3 Å². The maximum Gasteiger partial charge on any atom is 0.325 e. The number of carbonyl (C=O) groups is 3. The van der Waals surface area contributed by atoms with Gasteiger partial charge in [0.2, 0.25) is 5.91 Å². The molecule has 33 heavy (non-hydrogen) atoms. The predicted molar refractivity (Wildman–Crippen MR) is 123 cm³/mol. The minimum Gasteiger partial charge on any atom is -0.493 e. The summed E-state index contributed by atoms with van der Waals surface area (Å²) in [5, 5.41) is 6.55. The van der Waals surface area contributed by atoms with Crippen LogP contribution in [-0.4, -0.2) is 47.6 Å². The minimum atomic E-state index is -0.736. The molecule has 0 spiro atoms. The topological polar surface area (TPSA) is 102 Å². The van der Waals surface area contributed by atoms with Crippen LogP contribution in [0.5, 0.6) is 11.5 Å². The standard InChI is InChI=1S/C24H26N4O5/c1-27-11-10-16-13-17(5-7-19(16)27)25-22(29)9-6-18-23(30)28(24(31)26-18)14-15-4-8-20(32-2)21(12-15)33-3/h4-5,7-8,10-13,18H,6,9,14H2,1-3H3,(H,25,29)(H,26,31)/t18-/m1/s1. The molecular formula is C24H26N4O5. The first kappa shape index (κ1) is 22.2. The Morgan fingerprint density at radius 3 is 2.61 bits per heavy atom. The molecule has 2 heterocycles. The Kier molecular flexibility index (Phi) is 6.21. The van der Waals surface area contributed by atoms with Crippen LogP contribution in [-0.2, 0) is 23.2 Å². The fourth-order valence-corrected chi connectivity index (χ4v) is 3.94. The van der Waals surface area contributed by atoms with Crippen molar-refractivity contribution in [1.82, 2.24) is 14.8 Å². The second-order valence-electron chi connectivity index (χ2n) is 7.90. The number of benzene rings is 2. The fourth-order valence-electron chi connectivity index (χ4n) is 3.94. The van der Waals surface area contributed by atoms with Gasteiger partial charge >= 0.3 is 6.03 Å². The van der Waals surface area contributed by atoms with Crippen LogP contribution in [0.2, 0.25) is 0 Å². The molecule has 0 unspecified atom stereocenters. The predicted octanol–water partition coefficient (Wildman–Crippen LogP) is 3.03. The molecule has 2 aromatic carbocycles. The zero-order valence-corrected chi connectivity index (χ0v) is 18.8. The molecule has 3 aromatic rings. The molecule has 1 aliphatic heterocycles. The number of aromatic nitrogens is 1. The van der Waals surface area contributed by atoms with Gasteiger partial charge < -0.3 is 24.7 Å². The molecule has 0 aliphatic carbocycles. The quantitative estimate of drug-likeness (QED) is 0.514. The molecule has 4 amide bonds. The largest absolute Gasteiger partial charge is 0.493 e. The lowest BCUT2D eigenvalue weighted by molar-refractivity contribution is -0.128. The SMILES string of the molecule is COc1ccc(CN2C(=O)N[C@H](CCC(=O)Nc3ccc4c(ccn4C)c3)C2=O)cc1OC. The Balaban J connectivity index is 1.34. The summed E-state index contributed by atoms with van der Waals surface area (Å²) in [6.07, 6.45) is 2.28. The van der Waals surface area contributed by atoms with Gasteiger partial charge in [-0.05, 0) is 48.4 Å². The third kappa shape index (κ3) is 4.62. The number of hydrogen-bond acceptors (Lipinski definition) is 5. The summed E-state index contributed by atoms with van der Waals surface area (Å²) in [5.74, 6) is 0.511.